The largest absolute Gasteiger partial charge is 0.415 e. The summed E-state index contributed by atoms with van der Waals surface area (Å²) in [7, 11) is 0. The van der Waals surface area contributed by atoms with E-state index in [9.17, 15) is 9.90 Å². The van der Waals surface area contributed by atoms with Gasteiger partial charge in [0.25, 0.3) is 0 Å². The van der Waals surface area contributed by atoms with Crippen molar-refractivity contribution in [3.8, 4) is 0 Å². The SMILES string of the molecule is CC(C)N(C(=O)OC(=C\C(C)(C)[C@@H](O)c1ccc(Br)cc1)/C=C/c1ccccc1)C(C)C. The monoisotopic (exact) mass is 499 g/mol. The van der Waals surface area contributed by atoms with Gasteiger partial charge in [-0.25, -0.2) is 4.79 Å². The summed E-state index contributed by atoms with van der Waals surface area (Å²) in [4.78, 5) is 14.7. The summed E-state index contributed by atoms with van der Waals surface area (Å²) in [5.41, 5.74) is 1.09. The Bertz CT molecular complexity index is 923. The van der Waals surface area contributed by atoms with Gasteiger partial charge in [-0.15, -0.1) is 0 Å². The molecule has 0 heterocycles. The number of carbonyl (C=O) groups excluding carboxylic acids is 1. The van der Waals surface area contributed by atoms with Crippen LogP contribution in [0.3, 0.4) is 0 Å². The molecule has 172 valence electrons. The summed E-state index contributed by atoms with van der Waals surface area (Å²) in [5, 5.41) is 11.1. The highest BCUT2D eigenvalue weighted by Gasteiger charge is 2.29. The smallest absolute Gasteiger partial charge is 0.411 e. The molecule has 0 fully saturated rings. The molecule has 0 saturated heterocycles. The normalized spacial score (nSPS) is 13.6. The number of benzene rings is 2. The van der Waals surface area contributed by atoms with E-state index in [0.717, 1.165) is 15.6 Å². The molecule has 2 aromatic carbocycles. The molecular formula is C27H34BrNO3. The van der Waals surface area contributed by atoms with Gasteiger partial charge in [0.1, 0.15) is 5.76 Å². The molecule has 0 spiro atoms. The quantitative estimate of drug-likeness (QED) is 0.304. The van der Waals surface area contributed by atoms with Crippen molar-refractivity contribution in [1.82, 2.24) is 4.90 Å². The Kier molecular flexibility index (Phi) is 9.29. The lowest BCUT2D eigenvalue weighted by Crippen LogP contribution is -2.42. The van der Waals surface area contributed by atoms with Crippen LogP contribution in [0.4, 0.5) is 4.79 Å². The van der Waals surface area contributed by atoms with Gasteiger partial charge in [0.2, 0.25) is 0 Å². The van der Waals surface area contributed by atoms with Crippen LogP contribution in [-0.4, -0.2) is 28.2 Å². The zero-order chi connectivity index (χ0) is 23.9. The molecule has 0 saturated carbocycles. The lowest BCUT2D eigenvalue weighted by atomic mass is 9.82. The van der Waals surface area contributed by atoms with Crippen molar-refractivity contribution in [3.63, 3.8) is 0 Å². The molecule has 0 unspecified atom stereocenters. The standard InChI is InChI=1S/C27H34BrNO3/c1-19(2)29(20(3)4)26(31)32-24(17-12-21-10-8-7-9-11-21)18-27(5,6)25(30)22-13-15-23(28)16-14-22/h7-20,25,30H,1-6H3/b17-12+,24-18-/t25-/m0/s1. The second-order valence-corrected chi connectivity index (χ2v) is 9.94. The predicted octanol–water partition coefficient (Wildman–Crippen LogP) is 7.36. The first kappa shape index (κ1) is 25.9. The number of aliphatic hydroxyl groups excluding tert-OH is 1. The summed E-state index contributed by atoms with van der Waals surface area (Å²) in [6.07, 6.45) is 4.31. The van der Waals surface area contributed by atoms with Gasteiger partial charge in [0, 0.05) is 22.0 Å². The number of hydrogen-bond acceptors (Lipinski definition) is 3. The summed E-state index contributed by atoms with van der Waals surface area (Å²) < 4.78 is 6.79. The van der Waals surface area contributed by atoms with E-state index in [4.69, 9.17) is 4.74 Å². The molecule has 0 aliphatic carbocycles. The van der Waals surface area contributed by atoms with Crippen LogP contribution in [0.25, 0.3) is 6.08 Å². The molecule has 0 aliphatic rings. The van der Waals surface area contributed by atoms with Crippen molar-refractivity contribution in [2.75, 3.05) is 0 Å². The van der Waals surface area contributed by atoms with Gasteiger partial charge in [-0.2, -0.15) is 0 Å². The number of nitrogens with zero attached hydrogens (tertiary/aromatic N) is 1. The van der Waals surface area contributed by atoms with E-state index in [2.05, 4.69) is 15.9 Å². The van der Waals surface area contributed by atoms with E-state index < -0.39 is 17.6 Å². The highest BCUT2D eigenvalue weighted by molar-refractivity contribution is 9.10. The molecule has 0 radical (unpaired) electrons. The molecular weight excluding hydrogens is 466 g/mol. The minimum atomic E-state index is -0.777. The van der Waals surface area contributed by atoms with Crippen LogP contribution >= 0.6 is 15.9 Å². The predicted molar refractivity (Wildman–Crippen MR) is 135 cm³/mol. The van der Waals surface area contributed by atoms with Crippen molar-refractivity contribution in [2.45, 2.75) is 59.7 Å². The minimum Gasteiger partial charge on any atom is -0.411 e. The van der Waals surface area contributed by atoms with Gasteiger partial charge in [-0.1, -0.05) is 78.3 Å². The number of rotatable bonds is 8. The Morgan fingerprint density at radius 3 is 2.09 bits per heavy atom. The number of aliphatic hydroxyl groups is 1. The Hall–Kier alpha value is -2.37. The van der Waals surface area contributed by atoms with E-state index in [1.165, 1.54) is 0 Å². The number of ether oxygens (including phenoxy) is 1. The molecule has 2 rings (SSSR count). The van der Waals surface area contributed by atoms with Gasteiger partial charge >= 0.3 is 6.09 Å². The number of allylic oxidation sites excluding steroid dienone is 1. The lowest BCUT2D eigenvalue weighted by molar-refractivity contribution is 0.0759. The average Bonchev–Trinajstić information content (AvgIpc) is 2.72. The van der Waals surface area contributed by atoms with Crippen LogP contribution in [0.1, 0.15) is 58.8 Å². The van der Waals surface area contributed by atoms with Gasteiger partial charge in [-0.3, -0.25) is 0 Å². The Morgan fingerprint density at radius 1 is 1.00 bits per heavy atom. The Labute approximate surface area is 200 Å². The van der Waals surface area contributed by atoms with Crippen LogP contribution in [0, 0.1) is 5.41 Å². The highest BCUT2D eigenvalue weighted by Crippen LogP contribution is 2.36. The van der Waals surface area contributed by atoms with Gasteiger partial charge in [0.15, 0.2) is 0 Å². The maximum atomic E-state index is 13.0. The van der Waals surface area contributed by atoms with Gasteiger partial charge in [-0.05, 0) is 63.1 Å². The van der Waals surface area contributed by atoms with E-state index in [0.29, 0.717) is 5.76 Å². The van der Waals surface area contributed by atoms with E-state index >= 15 is 0 Å². The molecule has 2 aromatic rings. The van der Waals surface area contributed by atoms with E-state index in [1.54, 1.807) is 11.0 Å². The van der Waals surface area contributed by atoms with Crippen molar-refractivity contribution in [1.29, 1.82) is 0 Å². The van der Waals surface area contributed by atoms with Crippen LogP contribution < -0.4 is 0 Å². The number of carbonyl (C=O) groups is 1. The zero-order valence-electron chi connectivity index (χ0n) is 19.7. The molecule has 0 aliphatic heterocycles. The van der Waals surface area contributed by atoms with Gasteiger partial charge < -0.3 is 14.7 Å². The fourth-order valence-corrected chi connectivity index (χ4v) is 3.81. The van der Waals surface area contributed by atoms with E-state index in [-0.39, 0.29) is 12.1 Å². The maximum absolute atomic E-state index is 13.0. The third kappa shape index (κ3) is 7.35. The Morgan fingerprint density at radius 2 is 1.56 bits per heavy atom. The fourth-order valence-electron chi connectivity index (χ4n) is 3.55. The lowest BCUT2D eigenvalue weighted by Gasteiger charge is -2.31. The third-order valence-corrected chi connectivity index (χ3v) is 5.70. The fraction of sp³-hybridized carbons (Fsp3) is 0.370. The molecule has 4 nitrogen and oxygen atoms in total. The van der Waals surface area contributed by atoms with Crippen molar-refractivity contribution in [2.24, 2.45) is 5.41 Å². The molecule has 5 heteroatoms. The third-order valence-electron chi connectivity index (χ3n) is 5.17. The zero-order valence-corrected chi connectivity index (χ0v) is 21.3. The molecule has 0 bridgehead atoms. The van der Waals surface area contributed by atoms with Gasteiger partial charge in [0.05, 0.1) is 6.10 Å². The summed E-state index contributed by atoms with van der Waals surface area (Å²) in [6.45, 7) is 11.7. The minimum absolute atomic E-state index is 0.00298. The first-order valence-corrected chi connectivity index (χ1v) is 11.7. The number of halogens is 1. The molecule has 1 N–H and O–H groups in total. The summed E-state index contributed by atoms with van der Waals surface area (Å²) in [6, 6.07) is 17.4. The second kappa shape index (κ2) is 11.5. The second-order valence-electron chi connectivity index (χ2n) is 9.03. The molecule has 1 atom stereocenters. The number of amides is 1. The van der Waals surface area contributed by atoms with Crippen LogP contribution in [-0.2, 0) is 4.74 Å². The average molecular weight is 500 g/mol. The van der Waals surface area contributed by atoms with Crippen LogP contribution in [0.5, 0.6) is 0 Å². The highest BCUT2D eigenvalue weighted by atomic mass is 79.9. The van der Waals surface area contributed by atoms with Crippen LogP contribution in [0.2, 0.25) is 0 Å². The van der Waals surface area contributed by atoms with Crippen LogP contribution in [0.15, 0.2) is 77.0 Å². The molecule has 0 aromatic heterocycles. The summed E-state index contributed by atoms with van der Waals surface area (Å²) in [5.74, 6) is 0.395. The maximum Gasteiger partial charge on any atom is 0.415 e. The summed E-state index contributed by atoms with van der Waals surface area (Å²) >= 11 is 3.43. The first-order chi connectivity index (χ1) is 15.0. The van der Waals surface area contributed by atoms with E-state index in [1.807, 2.05) is 108 Å². The van der Waals surface area contributed by atoms with Crippen molar-refractivity contribution in [3.05, 3.63) is 88.1 Å². The van der Waals surface area contributed by atoms with Crippen molar-refractivity contribution >= 4 is 28.1 Å². The molecule has 32 heavy (non-hydrogen) atoms. The topological polar surface area (TPSA) is 49.8 Å². The first-order valence-electron chi connectivity index (χ1n) is 10.9. The molecule has 1 amide bonds. The number of hydrogen-bond donors (Lipinski definition) is 1. The van der Waals surface area contributed by atoms with Crippen molar-refractivity contribution < 1.29 is 14.6 Å². The Balaban J connectivity index is 2.39.